The first-order valence-electron chi connectivity index (χ1n) is 4.93. The van der Waals surface area contributed by atoms with Crippen molar-refractivity contribution in [2.45, 2.75) is 19.9 Å². The first-order chi connectivity index (χ1) is 7.41. The van der Waals surface area contributed by atoms with E-state index in [1.807, 2.05) is 13.8 Å². The van der Waals surface area contributed by atoms with Crippen molar-refractivity contribution in [2.75, 3.05) is 5.32 Å². The van der Waals surface area contributed by atoms with Crippen molar-refractivity contribution < 1.29 is 4.79 Å². The van der Waals surface area contributed by atoms with Crippen LogP contribution in [0.2, 0.25) is 5.02 Å². The number of amides is 1. The lowest BCUT2D eigenvalue weighted by atomic mass is 10.1. The molecule has 0 saturated carbocycles. The van der Waals surface area contributed by atoms with Crippen molar-refractivity contribution in [3.63, 3.8) is 0 Å². The third kappa shape index (κ3) is 3.47. The van der Waals surface area contributed by atoms with Crippen LogP contribution in [0.1, 0.15) is 13.8 Å². The van der Waals surface area contributed by atoms with Gasteiger partial charge in [0.1, 0.15) is 0 Å². The number of anilines is 1. The maximum Gasteiger partial charge on any atom is 0.241 e. The summed E-state index contributed by atoms with van der Waals surface area (Å²) in [5, 5.41) is 3.36. The van der Waals surface area contributed by atoms with E-state index in [4.69, 9.17) is 17.3 Å². The van der Waals surface area contributed by atoms with Crippen LogP contribution in [0.25, 0.3) is 0 Å². The average Bonchev–Trinajstić information content (AvgIpc) is 2.20. The summed E-state index contributed by atoms with van der Waals surface area (Å²) in [6, 6.07) is 4.65. The van der Waals surface area contributed by atoms with E-state index in [9.17, 15) is 4.79 Å². The van der Waals surface area contributed by atoms with E-state index in [0.717, 1.165) is 4.47 Å². The van der Waals surface area contributed by atoms with Gasteiger partial charge in [-0.25, -0.2) is 0 Å². The van der Waals surface area contributed by atoms with Crippen LogP contribution < -0.4 is 11.1 Å². The molecule has 0 bridgehead atoms. The highest BCUT2D eigenvalue weighted by atomic mass is 79.9. The van der Waals surface area contributed by atoms with Crippen molar-refractivity contribution in [2.24, 2.45) is 11.7 Å². The van der Waals surface area contributed by atoms with E-state index in [2.05, 4.69) is 21.2 Å². The minimum atomic E-state index is -0.512. The Kier molecular flexibility index (Phi) is 4.77. The van der Waals surface area contributed by atoms with Crippen LogP contribution in [0.4, 0.5) is 5.69 Å². The van der Waals surface area contributed by atoms with Crippen molar-refractivity contribution >= 4 is 39.1 Å². The van der Waals surface area contributed by atoms with Crippen LogP contribution in [0.15, 0.2) is 22.7 Å². The molecule has 0 aliphatic rings. The van der Waals surface area contributed by atoms with Gasteiger partial charge in [-0.15, -0.1) is 0 Å². The second-order valence-corrected chi connectivity index (χ2v) is 5.17. The average molecular weight is 306 g/mol. The molecular weight excluding hydrogens is 291 g/mol. The quantitative estimate of drug-likeness (QED) is 0.902. The number of benzene rings is 1. The summed E-state index contributed by atoms with van der Waals surface area (Å²) in [7, 11) is 0. The molecule has 0 aliphatic carbocycles. The van der Waals surface area contributed by atoms with Gasteiger partial charge in [0, 0.05) is 9.50 Å². The fraction of sp³-hybridized carbons (Fsp3) is 0.364. The van der Waals surface area contributed by atoms with Gasteiger partial charge < -0.3 is 11.1 Å². The Morgan fingerprint density at radius 3 is 2.62 bits per heavy atom. The van der Waals surface area contributed by atoms with Crippen LogP contribution >= 0.6 is 27.5 Å². The highest BCUT2D eigenvalue weighted by Crippen LogP contribution is 2.26. The number of rotatable bonds is 3. The minimum Gasteiger partial charge on any atom is -0.324 e. The molecule has 88 valence electrons. The van der Waals surface area contributed by atoms with Gasteiger partial charge in [-0.05, 0) is 40.0 Å². The zero-order chi connectivity index (χ0) is 12.3. The number of nitrogens with one attached hydrogen (secondary N) is 1. The van der Waals surface area contributed by atoms with Crippen LogP contribution in [-0.4, -0.2) is 11.9 Å². The summed E-state index contributed by atoms with van der Waals surface area (Å²) in [6.07, 6.45) is 0. The van der Waals surface area contributed by atoms with Crippen LogP contribution in [0.3, 0.4) is 0 Å². The van der Waals surface area contributed by atoms with E-state index < -0.39 is 6.04 Å². The summed E-state index contributed by atoms with van der Waals surface area (Å²) >= 11 is 9.12. The number of halogens is 2. The third-order valence-corrected chi connectivity index (χ3v) is 3.10. The maximum atomic E-state index is 11.7. The van der Waals surface area contributed by atoms with Crippen LogP contribution in [-0.2, 0) is 4.79 Å². The Labute approximate surface area is 108 Å². The minimum absolute atomic E-state index is 0.103. The molecule has 1 unspecified atom stereocenters. The Morgan fingerprint density at radius 2 is 2.12 bits per heavy atom. The first-order valence-corrected chi connectivity index (χ1v) is 6.10. The molecule has 3 N–H and O–H groups in total. The molecule has 5 heteroatoms. The SMILES string of the molecule is CC(C)C(N)C(=O)Nc1ccc(Cl)cc1Br. The van der Waals surface area contributed by atoms with E-state index in [0.29, 0.717) is 10.7 Å². The van der Waals surface area contributed by atoms with Gasteiger partial charge in [-0.2, -0.15) is 0 Å². The third-order valence-electron chi connectivity index (χ3n) is 2.21. The molecule has 0 fully saturated rings. The fourth-order valence-corrected chi connectivity index (χ4v) is 1.89. The Bertz CT molecular complexity index is 396. The highest BCUT2D eigenvalue weighted by Gasteiger charge is 2.17. The zero-order valence-electron chi connectivity index (χ0n) is 9.13. The molecule has 1 aromatic carbocycles. The molecule has 0 radical (unpaired) electrons. The lowest BCUT2D eigenvalue weighted by Crippen LogP contribution is -2.39. The molecule has 0 aliphatic heterocycles. The van der Waals surface area contributed by atoms with Gasteiger partial charge in [-0.3, -0.25) is 4.79 Å². The van der Waals surface area contributed by atoms with E-state index >= 15 is 0 Å². The van der Waals surface area contributed by atoms with Crippen molar-refractivity contribution in [3.8, 4) is 0 Å². The zero-order valence-corrected chi connectivity index (χ0v) is 11.5. The Hall–Kier alpha value is -0.580. The predicted molar refractivity (Wildman–Crippen MR) is 70.6 cm³/mol. The summed E-state index contributed by atoms with van der Waals surface area (Å²) < 4.78 is 0.740. The first kappa shape index (κ1) is 13.5. The number of carbonyl (C=O) groups excluding carboxylic acids is 1. The number of carbonyl (C=O) groups is 1. The molecule has 0 spiro atoms. The molecule has 1 rings (SSSR count). The molecule has 0 saturated heterocycles. The maximum absolute atomic E-state index is 11.7. The second-order valence-electron chi connectivity index (χ2n) is 3.88. The van der Waals surface area contributed by atoms with E-state index in [1.54, 1.807) is 18.2 Å². The lowest BCUT2D eigenvalue weighted by Gasteiger charge is -2.16. The Morgan fingerprint density at radius 1 is 1.50 bits per heavy atom. The molecular formula is C11H14BrClN2O. The van der Waals surface area contributed by atoms with E-state index in [1.165, 1.54) is 0 Å². The van der Waals surface area contributed by atoms with Gasteiger partial charge in [0.25, 0.3) is 0 Å². The summed E-state index contributed by atoms with van der Waals surface area (Å²) in [4.78, 5) is 11.7. The van der Waals surface area contributed by atoms with Crippen molar-refractivity contribution in [1.82, 2.24) is 0 Å². The molecule has 0 heterocycles. The second kappa shape index (κ2) is 5.66. The van der Waals surface area contributed by atoms with Crippen LogP contribution in [0.5, 0.6) is 0 Å². The topological polar surface area (TPSA) is 55.1 Å². The van der Waals surface area contributed by atoms with E-state index in [-0.39, 0.29) is 11.8 Å². The largest absolute Gasteiger partial charge is 0.324 e. The van der Waals surface area contributed by atoms with Gasteiger partial charge in [-0.1, -0.05) is 25.4 Å². The normalized spacial score (nSPS) is 12.6. The van der Waals surface area contributed by atoms with Crippen molar-refractivity contribution in [3.05, 3.63) is 27.7 Å². The molecule has 0 aromatic heterocycles. The van der Waals surface area contributed by atoms with Gasteiger partial charge in [0.2, 0.25) is 5.91 Å². The summed E-state index contributed by atoms with van der Waals surface area (Å²) in [5.74, 6) is -0.0934. The highest BCUT2D eigenvalue weighted by molar-refractivity contribution is 9.10. The molecule has 16 heavy (non-hydrogen) atoms. The molecule has 1 aromatic rings. The molecule has 1 amide bonds. The Balaban J connectivity index is 2.77. The predicted octanol–water partition coefficient (Wildman–Crippen LogP) is 3.02. The molecule has 3 nitrogen and oxygen atoms in total. The van der Waals surface area contributed by atoms with Crippen LogP contribution in [0, 0.1) is 5.92 Å². The van der Waals surface area contributed by atoms with Gasteiger partial charge >= 0.3 is 0 Å². The smallest absolute Gasteiger partial charge is 0.241 e. The number of hydrogen-bond acceptors (Lipinski definition) is 2. The van der Waals surface area contributed by atoms with Gasteiger partial charge in [0.15, 0.2) is 0 Å². The molecule has 1 atom stereocenters. The number of hydrogen-bond donors (Lipinski definition) is 2. The summed E-state index contributed by atoms with van der Waals surface area (Å²) in [6.45, 7) is 3.81. The monoisotopic (exact) mass is 304 g/mol. The van der Waals surface area contributed by atoms with Crippen molar-refractivity contribution in [1.29, 1.82) is 0 Å². The standard InChI is InChI=1S/C11H14BrClN2O/c1-6(2)10(14)11(16)15-9-4-3-7(13)5-8(9)12/h3-6,10H,14H2,1-2H3,(H,15,16). The lowest BCUT2D eigenvalue weighted by molar-refractivity contribution is -0.118. The number of nitrogens with two attached hydrogens (primary N) is 1. The van der Waals surface area contributed by atoms with Gasteiger partial charge in [0.05, 0.1) is 11.7 Å². The fourth-order valence-electron chi connectivity index (χ4n) is 1.11. The summed E-state index contributed by atoms with van der Waals surface area (Å²) in [5.41, 5.74) is 6.41.